The Kier molecular flexibility index (Phi) is 5.79. The lowest BCUT2D eigenvalue weighted by atomic mass is 10.1. The molecular weight excluding hydrogens is 428 g/mol. The Labute approximate surface area is 150 Å². The molecule has 7 heteroatoms. The molecule has 0 fully saturated rings. The number of aromatic hydroxyl groups is 1. The Morgan fingerprint density at radius 1 is 1.22 bits per heavy atom. The lowest BCUT2D eigenvalue weighted by Gasteiger charge is -2.08. The lowest BCUT2D eigenvalue weighted by Crippen LogP contribution is -2.19. The van der Waals surface area contributed by atoms with Crippen molar-refractivity contribution in [3.8, 4) is 11.5 Å². The molecule has 2 aromatic carbocycles. The van der Waals surface area contributed by atoms with Crippen molar-refractivity contribution in [2.75, 3.05) is 7.11 Å². The molecule has 0 saturated carbocycles. The predicted octanol–water partition coefficient (Wildman–Crippen LogP) is 4.08. The zero-order valence-electron chi connectivity index (χ0n) is 12.4. The van der Waals surface area contributed by atoms with Gasteiger partial charge >= 0.3 is 0 Å². The van der Waals surface area contributed by atoms with Crippen molar-refractivity contribution in [2.45, 2.75) is 6.92 Å². The van der Waals surface area contributed by atoms with Crippen LogP contribution in [0.5, 0.6) is 11.5 Å². The summed E-state index contributed by atoms with van der Waals surface area (Å²) >= 11 is 6.61. The molecule has 0 radical (unpaired) electrons. The molecule has 0 saturated heterocycles. The number of hydrogen-bond acceptors (Lipinski definition) is 4. The van der Waals surface area contributed by atoms with E-state index in [2.05, 4.69) is 42.4 Å². The second kappa shape index (κ2) is 7.61. The molecule has 2 aromatic rings. The number of amides is 1. The van der Waals surface area contributed by atoms with E-state index in [1.807, 2.05) is 0 Å². The fourth-order valence-electron chi connectivity index (χ4n) is 1.84. The minimum atomic E-state index is -0.347. The number of nitrogens with zero attached hydrogens (tertiary/aromatic N) is 1. The Hall–Kier alpha value is -1.86. The van der Waals surface area contributed by atoms with Gasteiger partial charge in [-0.05, 0) is 59.3 Å². The molecule has 2 N–H and O–H groups in total. The first-order valence-corrected chi connectivity index (χ1v) is 8.18. The molecule has 23 heavy (non-hydrogen) atoms. The van der Waals surface area contributed by atoms with E-state index in [0.29, 0.717) is 27.1 Å². The van der Waals surface area contributed by atoms with Crippen LogP contribution in [0.15, 0.2) is 50.4 Å². The van der Waals surface area contributed by atoms with Gasteiger partial charge in [-0.15, -0.1) is 0 Å². The molecule has 0 atom stereocenters. The van der Waals surface area contributed by atoms with Crippen molar-refractivity contribution in [3.05, 3.63) is 56.5 Å². The van der Waals surface area contributed by atoms with Crippen molar-refractivity contribution in [2.24, 2.45) is 5.10 Å². The molecule has 0 aliphatic rings. The standard InChI is InChI=1S/C16H14Br2N2O3/c1-9(13-7-11(17)8-14(18)15(13)21)19-20-16(22)10-3-5-12(23-2)6-4-10/h3-8,21H,1-2H3,(H,20,22). The average Bonchev–Trinajstić information content (AvgIpc) is 2.55. The van der Waals surface area contributed by atoms with Crippen LogP contribution in [0, 0.1) is 0 Å². The first-order chi connectivity index (χ1) is 10.9. The van der Waals surface area contributed by atoms with E-state index < -0.39 is 0 Å². The largest absolute Gasteiger partial charge is 0.506 e. The number of phenols is 1. The number of halogens is 2. The van der Waals surface area contributed by atoms with Gasteiger partial charge < -0.3 is 9.84 Å². The average molecular weight is 442 g/mol. The summed E-state index contributed by atoms with van der Waals surface area (Å²) in [6.07, 6.45) is 0. The van der Waals surface area contributed by atoms with Crippen LogP contribution in [-0.4, -0.2) is 23.8 Å². The molecule has 0 bridgehead atoms. The van der Waals surface area contributed by atoms with Crippen molar-refractivity contribution < 1.29 is 14.6 Å². The van der Waals surface area contributed by atoms with Crippen LogP contribution in [0.25, 0.3) is 0 Å². The maximum atomic E-state index is 12.1. The molecule has 0 aliphatic carbocycles. The number of carbonyl (C=O) groups excluding carboxylic acids is 1. The second-order valence-corrected chi connectivity index (χ2v) is 6.42. The molecule has 0 aliphatic heterocycles. The van der Waals surface area contributed by atoms with E-state index in [9.17, 15) is 9.90 Å². The molecule has 2 rings (SSSR count). The predicted molar refractivity (Wildman–Crippen MR) is 96.2 cm³/mol. The first-order valence-electron chi connectivity index (χ1n) is 6.59. The summed E-state index contributed by atoms with van der Waals surface area (Å²) in [4.78, 5) is 12.1. The first kappa shape index (κ1) is 17.5. The summed E-state index contributed by atoms with van der Waals surface area (Å²) in [6, 6.07) is 10.1. The van der Waals surface area contributed by atoms with Gasteiger partial charge in [0.25, 0.3) is 5.91 Å². The van der Waals surface area contributed by atoms with E-state index in [-0.39, 0.29) is 11.7 Å². The zero-order chi connectivity index (χ0) is 17.0. The fraction of sp³-hybridized carbons (Fsp3) is 0.125. The third kappa shape index (κ3) is 4.33. The minimum absolute atomic E-state index is 0.0631. The molecule has 0 unspecified atom stereocenters. The summed E-state index contributed by atoms with van der Waals surface area (Å²) in [7, 11) is 1.56. The number of carbonyl (C=O) groups is 1. The van der Waals surface area contributed by atoms with Crippen LogP contribution >= 0.6 is 31.9 Å². The Bertz CT molecular complexity index is 759. The molecule has 0 spiro atoms. The van der Waals surface area contributed by atoms with Crippen molar-refractivity contribution in [1.82, 2.24) is 5.43 Å². The quantitative estimate of drug-likeness (QED) is 0.554. The number of phenolic OH excluding ortho intramolecular Hbond substituents is 1. The van der Waals surface area contributed by atoms with Crippen molar-refractivity contribution in [1.29, 1.82) is 0 Å². The maximum absolute atomic E-state index is 12.1. The van der Waals surface area contributed by atoms with Gasteiger partial charge in [0.05, 0.1) is 17.3 Å². The van der Waals surface area contributed by atoms with Crippen molar-refractivity contribution >= 4 is 43.5 Å². The monoisotopic (exact) mass is 440 g/mol. The van der Waals surface area contributed by atoms with Crippen LogP contribution in [0.4, 0.5) is 0 Å². The van der Waals surface area contributed by atoms with Crippen LogP contribution < -0.4 is 10.2 Å². The number of nitrogens with one attached hydrogen (secondary N) is 1. The van der Waals surface area contributed by atoms with E-state index in [1.54, 1.807) is 50.4 Å². The summed E-state index contributed by atoms with van der Waals surface area (Å²) in [5.74, 6) is 0.388. The minimum Gasteiger partial charge on any atom is -0.506 e. The number of rotatable bonds is 4. The van der Waals surface area contributed by atoms with Crippen LogP contribution in [0.2, 0.25) is 0 Å². The van der Waals surface area contributed by atoms with E-state index in [4.69, 9.17) is 4.74 Å². The van der Waals surface area contributed by atoms with Crippen LogP contribution in [-0.2, 0) is 0 Å². The fourth-order valence-corrected chi connectivity index (χ4v) is 3.07. The Balaban J connectivity index is 2.17. The summed E-state index contributed by atoms with van der Waals surface area (Å²) in [5, 5.41) is 14.1. The van der Waals surface area contributed by atoms with Gasteiger partial charge in [0.15, 0.2) is 0 Å². The van der Waals surface area contributed by atoms with E-state index >= 15 is 0 Å². The van der Waals surface area contributed by atoms with Crippen molar-refractivity contribution in [3.63, 3.8) is 0 Å². The zero-order valence-corrected chi connectivity index (χ0v) is 15.6. The third-order valence-electron chi connectivity index (χ3n) is 3.10. The number of hydrazone groups is 1. The number of benzene rings is 2. The van der Waals surface area contributed by atoms with Crippen LogP contribution in [0.1, 0.15) is 22.8 Å². The number of methoxy groups -OCH3 is 1. The molecule has 120 valence electrons. The van der Waals surface area contributed by atoms with Gasteiger partial charge in [0.1, 0.15) is 11.5 Å². The maximum Gasteiger partial charge on any atom is 0.271 e. The van der Waals surface area contributed by atoms with Gasteiger partial charge in [0, 0.05) is 15.6 Å². The summed E-state index contributed by atoms with van der Waals surface area (Å²) in [5.41, 5.74) is 3.92. The van der Waals surface area contributed by atoms with E-state index in [0.717, 1.165) is 4.47 Å². The molecule has 1 amide bonds. The van der Waals surface area contributed by atoms with Gasteiger partial charge in [-0.25, -0.2) is 5.43 Å². The molecular formula is C16H14Br2N2O3. The highest BCUT2D eigenvalue weighted by atomic mass is 79.9. The SMILES string of the molecule is COc1ccc(C(=O)NN=C(C)c2cc(Br)cc(Br)c2O)cc1. The highest BCUT2D eigenvalue weighted by Gasteiger charge is 2.11. The topological polar surface area (TPSA) is 70.9 Å². The normalized spacial score (nSPS) is 11.2. The van der Waals surface area contributed by atoms with E-state index in [1.165, 1.54) is 0 Å². The second-order valence-electron chi connectivity index (χ2n) is 4.65. The highest BCUT2D eigenvalue weighted by molar-refractivity contribution is 9.11. The lowest BCUT2D eigenvalue weighted by molar-refractivity contribution is 0.0955. The molecule has 0 heterocycles. The molecule has 0 aromatic heterocycles. The number of hydrogen-bond donors (Lipinski definition) is 2. The van der Waals surface area contributed by atoms with Gasteiger partial charge in [-0.3, -0.25) is 4.79 Å². The van der Waals surface area contributed by atoms with Gasteiger partial charge in [0.2, 0.25) is 0 Å². The Morgan fingerprint density at radius 2 is 1.87 bits per heavy atom. The van der Waals surface area contributed by atoms with Gasteiger partial charge in [-0.1, -0.05) is 15.9 Å². The van der Waals surface area contributed by atoms with Crippen LogP contribution in [0.3, 0.4) is 0 Å². The summed E-state index contributed by atoms with van der Waals surface area (Å²) < 4.78 is 6.37. The van der Waals surface area contributed by atoms with Gasteiger partial charge in [-0.2, -0.15) is 5.10 Å². The smallest absolute Gasteiger partial charge is 0.271 e. The number of ether oxygens (including phenoxy) is 1. The highest BCUT2D eigenvalue weighted by Crippen LogP contribution is 2.32. The third-order valence-corrected chi connectivity index (χ3v) is 4.16. The molecule has 5 nitrogen and oxygen atoms in total. The Morgan fingerprint density at radius 3 is 2.48 bits per heavy atom. The summed E-state index contributed by atoms with van der Waals surface area (Å²) in [6.45, 7) is 1.70.